The van der Waals surface area contributed by atoms with E-state index in [1.165, 1.54) is 0 Å². The Labute approximate surface area is 229 Å². The van der Waals surface area contributed by atoms with Gasteiger partial charge in [-0.15, -0.1) is 0 Å². The molecule has 39 heavy (non-hydrogen) atoms. The summed E-state index contributed by atoms with van der Waals surface area (Å²) in [5.74, 6) is 1.80. The maximum Gasteiger partial charge on any atom is 0.164 e. The van der Waals surface area contributed by atoms with Gasteiger partial charge in [0.2, 0.25) is 0 Å². The molecule has 0 atom stereocenters. The first-order valence-electron chi connectivity index (χ1n) is 12.8. The number of benzene rings is 4. The third kappa shape index (κ3) is 6.35. The highest BCUT2D eigenvalue weighted by molar-refractivity contribution is 5.80. The normalized spacial score (nSPS) is 11.4. The molecule has 0 aliphatic heterocycles. The van der Waals surface area contributed by atoms with Crippen molar-refractivity contribution in [3.05, 3.63) is 146 Å². The van der Waals surface area contributed by atoms with Crippen LogP contribution in [0.5, 0.6) is 0 Å². The Balaban J connectivity index is 1.52. The summed E-state index contributed by atoms with van der Waals surface area (Å²) in [6.07, 6.45) is 7.59. The molecule has 0 spiro atoms. The minimum Gasteiger partial charge on any atom is -0.354 e. The second-order valence-corrected chi connectivity index (χ2v) is 8.77. The van der Waals surface area contributed by atoms with Gasteiger partial charge in [-0.2, -0.15) is 0 Å². The van der Waals surface area contributed by atoms with Crippen molar-refractivity contribution < 1.29 is 0 Å². The summed E-state index contributed by atoms with van der Waals surface area (Å²) in [6.45, 7) is 5.83. The van der Waals surface area contributed by atoms with E-state index in [1.807, 2.05) is 116 Å². The Hall–Kier alpha value is -5.29. The van der Waals surface area contributed by atoms with E-state index in [-0.39, 0.29) is 0 Å². The Morgan fingerprint density at radius 1 is 0.641 bits per heavy atom. The number of rotatable bonds is 9. The number of allylic oxidation sites excluding steroid dienone is 5. The molecule has 5 rings (SSSR count). The quantitative estimate of drug-likeness (QED) is 0.195. The highest BCUT2D eigenvalue weighted by Crippen LogP contribution is 2.30. The van der Waals surface area contributed by atoms with Crippen LogP contribution < -0.4 is 10.6 Å². The van der Waals surface area contributed by atoms with Gasteiger partial charge in [0.05, 0.1) is 11.4 Å². The van der Waals surface area contributed by atoms with Crippen molar-refractivity contribution in [3.63, 3.8) is 0 Å². The topological polar surface area (TPSA) is 62.7 Å². The summed E-state index contributed by atoms with van der Waals surface area (Å²) in [4.78, 5) is 14.5. The van der Waals surface area contributed by atoms with Gasteiger partial charge in [-0.25, -0.2) is 15.0 Å². The smallest absolute Gasteiger partial charge is 0.164 e. The van der Waals surface area contributed by atoms with E-state index in [9.17, 15) is 0 Å². The number of nitrogens with zero attached hydrogens (tertiary/aromatic N) is 3. The van der Waals surface area contributed by atoms with Crippen LogP contribution >= 0.6 is 0 Å². The molecule has 0 bridgehead atoms. The molecule has 1 heterocycles. The van der Waals surface area contributed by atoms with Crippen molar-refractivity contribution in [2.45, 2.75) is 6.92 Å². The van der Waals surface area contributed by atoms with Crippen LogP contribution in [0, 0.1) is 0 Å². The third-order valence-electron chi connectivity index (χ3n) is 5.95. The Kier molecular flexibility index (Phi) is 8.00. The molecule has 0 aliphatic rings. The molecule has 190 valence electrons. The molecule has 0 saturated carbocycles. The lowest BCUT2D eigenvalue weighted by Crippen LogP contribution is -2.02. The fraction of sp³-hybridized carbons (Fsp3) is 0.0294. The maximum absolute atomic E-state index is 4.86. The maximum atomic E-state index is 4.86. The third-order valence-corrected chi connectivity index (χ3v) is 5.95. The number of hydrogen-bond donors (Lipinski definition) is 2. The molecule has 4 aromatic carbocycles. The molecular weight excluding hydrogens is 478 g/mol. The molecule has 0 aliphatic carbocycles. The molecule has 5 aromatic rings. The van der Waals surface area contributed by atoms with Crippen molar-refractivity contribution in [2.75, 3.05) is 10.6 Å². The highest BCUT2D eigenvalue weighted by atomic mass is 15.0. The molecular formula is C34H29N5. The standard InChI is InChI=1S/C34H29N5/c1-3-14-25(15-4-2)32-37-33(26-16-7-5-8-17-26)39-34(38-32)27-18-13-21-29(24-27)36-31-23-12-11-22-30(31)35-28-19-9-6-10-20-28/h3-24,35-36H,1H2,2H3/b15-4-,25-14+. The highest BCUT2D eigenvalue weighted by Gasteiger charge is 2.13. The molecule has 1 aromatic heterocycles. The molecule has 2 N–H and O–H groups in total. The largest absolute Gasteiger partial charge is 0.354 e. The first kappa shape index (κ1) is 25.4. The number of aromatic nitrogens is 3. The average molecular weight is 508 g/mol. The monoisotopic (exact) mass is 507 g/mol. The van der Waals surface area contributed by atoms with E-state index in [1.54, 1.807) is 6.08 Å². The summed E-state index contributed by atoms with van der Waals surface area (Å²) < 4.78 is 0. The zero-order valence-corrected chi connectivity index (χ0v) is 21.8. The fourth-order valence-electron chi connectivity index (χ4n) is 4.13. The van der Waals surface area contributed by atoms with E-state index < -0.39 is 0 Å². The number of hydrogen-bond acceptors (Lipinski definition) is 5. The lowest BCUT2D eigenvalue weighted by Gasteiger charge is -2.15. The minimum absolute atomic E-state index is 0.590. The van der Waals surface area contributed by atoms with E-state index in [2.05, 4.69) is 35.4 Å². The lowest BCUT2D eigenvalue weighted by molar-refractivity contribution is 1.04. The first-order chi connectivity index (χ1) is 19.2. The first-order valence-corrected chi connectivity index (χ1v) is 12.8. The van der Waals surface area contributed by atoms with Crippen molar-refractivity contribution in [1.82, 2.24) is 15.0 Å². The van der Waals surface area contributed by atoms with E-state index >= 15 is 0 Å². The van der Waals surface area contributed by atoms with Crippen LogP contribution in [0.2, 0.25) is 0 Å². The van der Waals surface area contributed by atoms with Gasteiger partial charge >= 0.3 is 0 Å². The van der Waals surface area contributed by atoms with Crippen LogP contribution in [0.1, 0.15) is 12.7 Å². The summed E-state index contributed by atoms with van der Waals surface area (Å²) in [5, 5.41) is 7.05. The van der Waals surface area contributed by atoms with Gasteiger partial charge in [-0.1, -0.05) is 104 Å². The zero-order chi connectivity index (χ0) is 26.9. The second kappa shape index (κ2) is 12.3. The van der Waals surface area contributed by atoms with Gasteiger partial charge < -0.3 is 10.6 Å². The zero-order valence-electron chi connectivity index (χ0n) is 21.8. The molecule has 0 fully saturated rings. The fourth-order valence-corrected chi connectivity index (χ4v) is 4.13. The summed E-state index contributed by atoms with van der Waals surface area (Å²) >= 11 is 0. The van der Waals surface area contributed by atoms with Gasteiger partial charge in [0.1, 0.15) is 0 Å². The summed E-state index contributed by atoms with van der Waals surface area (Å²) in [5.41, 5.74) is 6.56. The Morgan fingerprint density at radius 3 is 1.87 bits per heavy atom. The van der Waals surface area contributed by atoms with Gasteiger partial charge in [-0.3, -0.25) is 0 Å². The minimum atomic E-state index is 0.590. The number of anilines is 4. The average Bonchev–Trinajstić information content (AvgIpc) is 2.99. The van der Waals surface area contributed by atoms with Gasteiger partial charge in [0, 0.05) is 28.1 Å². The molecule has 0 radical (unpaired) electrons. The molecule has 0 unspecified atom stereocenters. The van der Waals surface area contributed by atoms with Crippen molar-refractivity contribution in [1.29, 1.82) is 0 Å². The molecule has 5 nitrogen and oxygen atoms in total. The summed E-state index contributed by atoms with van der Waals surface area (Å²) in [6, 6.07) is 36.3. The van der Waals surface area contributed by atoms with Crippen LogP contribution in [0.25, 0.3) is 28.3 Å². The van der Waals surface area contributed by atoms with E-state index in [0.29, 0.717) is 17.5 Å². The summed E-state index contributed by atoms with van der Waals surface area (Å²) in [7, 11) is 0. The van der Waals surface area contributed by atoms with Crippen LogP contribution in [0.15, 0.2) is 140 Å². The predicted octanol–water partition coefficient (Wildman–Crippen LogP) is 8.84. The molecule has 0 saturated heterocycles. The Morgan fingerprint density at radius 2 is 1.21 bits per heavy atom. The Bertz CT molecular complexity index is 1620. The van der Waals surface area contributed by atoms with Crippen molar-refractivity contribution >= 4 is 28.3 Å². The van der Waals surface area contributed by atoms with E-state index in [4.69, 9.17) is 15.0 Å². The molecule has 0 amide bonds. The van der Waals surface area contributed by atoms with Gasteiger partial charge in [0.25, 0.3) is 0 Å². The lowest BCUT2D eigenvalue weighted by atomic mass is 10.1. The van der Waals surface area contributed by atoms with Crippen LogP contribution in [0.3, 0.4) is 0 Å². The predicted molar refractivity (Wildman–Crippen MR) is 163 cm³/mol. The number of nitrogens with one attached hydrogen (secondary N) is 2. The SMILES string of the molecule is C=C/C=C(\C=C/C)c1nc(-c2ccccc2)nc(-c2cccc(Nc3ccccc3Nc3ccccc3)c2)n1. The number of para-hydroxylation sites is 3. The van der Waals surface area contributed by atoms with Gasteiger partial charge in [-0.05, 0) is 43.3 Å². The van der Waals surface area contributed by atoms with Gasteiger partial charge in [0.15, 0.2) is 17.5 Å². The molecule has 5 heteroatoms. The van der Waals surface area contributed by atoms with Crippen LogP contribution in [-0.2, 0) is 0 Å². The van der Waals surface area contributed by atoms with Crippen molar-refractivity contribution in [3.8, 4) is 22.8 Å². The van der Waals surface area contributed by atoms with E-state index in [0.717, 1.165) is 39.4 Å². The van der Waals surface area contributed by atoms with Crippen molar-refractivity contribution in [2.24, 2.45) is 0 Å². The van der Waals surface area contributed by atoms with Crippen LogP contribution in [-0.4, -0.2) is 15.0 Å². The van der Waals surface area contributed by atoms with Crippen LogP contribution in [0.4, 0.5) is 22.7 Å². The second-order valence-electron chi connectivity index (χ2n) is 8.77.